The molecule has 0 aliphatic rings. The Labute approximate surface area is 122 Å². The van der Waals surface area contributed by atoms with E-state index in [0.29, 0.717) is 0 Å². The van der Waals surface area contributed by atoms with Crippen LogP contribution in [0.1, 0.15) is 20.8 Å². The summed E-state index contributed by atoms with van der Waals surface area (Å²) >= 11 is 0. The maximum atomic E-state index is 6.46. The molecule has 0 bridgehead atoms. The van der Waals surface area contributed by atoms with Gasteiger partial charge in [-0.3, -0.25) is 0 Å². The fourth-order valence-electron chi connectivity index (χ4n) is 1.87. The number of fused-ring (bicyclic) bond motifs is 1. The third kappa shape index (κ3) is 2.83. The lowest BCUT2D eigenvalue weighted by Crippen LogP contribution is -2.43. The highest BCUT2D eigenvalue weighted by Crippen LogP contribution is 2.39. The summed E-state index contributed by atoms with van der Waals surface area (Å²) in [7, 11) is -0.138. The maximum absolute atomic E-state index is 6.46. The van der Waals surface area contributed by atoms with Crippen molar-refractivity contribution in [2.24, 2.45) is 0 Å². The van der Waals surface area contributed by atoms with Crippen molar-refractivity contribution in [1.29, 1.82) is 0 Å². The summed E-state index contributed by atoms with van der Waals surface area (Å²) in [6.07, 6.45) is 0. The van der Waals surface area contributed by atoms with E-state index in [1.54, 1.807) is 7.11 Å². The summed E-state index contributed by atoms with van der Waals surface area (Å²) in [5.41, 5.74) is 0. The standard InChI is InChI=1S/C17H24O2Si/c1-17(2,3)20(5,6)19-16-9-7-8-13-10-11-14(18-4)12-15(13)16/h7-12H,1-6H3. The highest BCUT2D eigenvalue weighted by atomic mass is 28.4. The molecular formula is C17H24O2Si. The lowest BCUT2D eigenvalue weighted by atomic mass is 10.1. The van der Waals surface area contributed by atoms with Gasteiger partial charge in [-0.05, 0) is 41.7 Å². The number of methoxy groups -OCH3 is 1. The van der Waals surface area contributed by atoms with E-state index in [-0.39, 0.29) is 5.04 Å². The minimum Gasteiger partial charge on any atom is -0.543 e. The molecule has 0 unspecified atom stereocenters. The van der Waals surface area contributed by atoms with Crippen molar-refractivity contribution in [3.05, 3.63) is 36.4 Å². The van der Waals surface area contributed by atoms with E-state index in [1.165, 1.54) is 5.39 Å². The second-order valence-electron chi connectivity index (χ2n) is 6.71. The second-order valence-corrected chi connectivity index (χ2v) is 11.4. The Morgan fingerprint density at radius 2 is 1.70 bits per heavy atom. The second kappa shape index (κ2) is 5.13. The molecule has 2 nitrogen and oxygen atoms in total. The number of rotatable bonds is 3. The molecule has 3 heteroatoms. The smallest absolute Gasteiger partial charge is 0.250 e. The van der Waals surface area contributed by atoms with Crippen LogP contribution in [-0.4, -0.2) is 15.4 Å². The van der Waals surface area contributed by atoms with Crippen molar-refractivity contribution >= 4 is 19.1 Å². The molecule has 0 aliphatic carbocycles. The monoisotopic (exact) mass is 288 g/mol. The predicted octanol–water partition coefficient (Wildman–Crippen LogP) is 5.23. The van der Waals surface area contributed by atoms with E-state index in [4.69, 9.17) is 9.16 Å². The van der Waals surface area contributed by atoms with Crippen molar-refractivity contribution in [2.45, 2.75) is 38.9 Å². The van der Waals surface area contributed by atoms with Gasteiger partial charge >= 0.3 is 0 Å². The molecule has 108 valence electrons. The van der Waals surface area contributed by atoms with Crippen LogP contribution in [0.2, 0.25) is 18.1 Å². The van der Waals surface area contributed by atoms with Crippen LogP contribution < -0.4 is 9.16 Å². The molecule has 20 heavy (non-hydrogen) atoms. The molecule has 0 radical (unpaired) electrons. The third-order valence-corrected chi connectivity index (χ3v) is 8.56. The maximum Gasteiger partial charge on any atom is 0.250 e. The number of hydrogen-bond donors (Lipinski definition) is 0. The number of ether oxygens (including phenoxy) is 1. The zero-order chi connectivity index (χ0) is 15.0. The number of benzene rings is 2. The Balaban J connectivity index is 2.49. The molecule has 0 atom stereocenters. The molecule has 2 rings (SSSR count). The first-order chi connectivity index (χ1) is 9.24. The minimum atomic E-state index is -1.83. The molecule has 0 aliphatic heterocycles. The Bertz CT molecular complexity index is 612. The minimum absolute atomic E-state index is 0.189. The topological polar surface area (TPSA) is 18.5 Å². The van der Waals surface area contributed by atoms with Crippen LogP contribution >= 0.6 is 0 Å². The van der Waals surface area contributed by atoms with Crippen molar-refractivity contribution in [1.82, 2.24) is 0 Å². The van der Waals surface area contributed by atoms with Gasteiger partial charge in [0.15, 0.2) is 0 Å². The van der Waals surface area contributed by atoms with Crippen LogP contribution in [0.3, 0.4) is 0 Å². The summed E-state index contributed by atoms with van der Waals surface area (Å²) in [5, 5.41) is 2.49. The molecular weight excluding hydrogens is 264 g/mol. The molecule has 0 saturated heterocycles. The third-order valence-electron chi connectivity index (χ3n) is 4.22. The van der Waals surface area contributed by atoms with Gasteiger partial charge in [0.1, 0.15) is 11.5 Å². The van der Waals surface area contributed by atoms with Gasteiger partial charge in [-0.2, -0.15) is 0 Å². The molecule has 2 aromatic carbocycles. The average molecular weight is 288 g/mol. The van der Waals surface area contributed by atoms with Gasteiger partial charge in [0.25, 0.3) is 8.32 Å². The fraction of sp³-hybridized carbons (Fsp3) is 0.412. The van der Waals surface area contributed by atoms with E-state index >= 15 is 0 Å². The summed E-state index contributed by atoms with van der Waals surface area (Å²) in [6, 6.07) is 12.3. The first kappa shape index (κ1) is 14.9. The van der Waals surface area contributed by atoms with Gasteiger partial charge in [-0.25, -0.2) is 0 Å². The van der Waals surface area contributed by atoms with Gasteiger partial charge in [-0.15, -0.1) is 0 Å². The molecule has 0 aromatic heterocycles. The zero-order valence-electron chi connectivity index (χ0n) is 13.3. The van der Waals surface area contributed by atoms with Crippen molar-refractivity contribution in [3.63, 3.8) is 0 Å². The Morgan fingerprint density at radius 3 is 2.30 bits per heavy atom. The van der Waals surface area contributed by atoms with E-state index in [9.17, 15) is 0 Å². The molecule has 0 saturated carbocycles. The van der Waals surface area contributed by atoms with Gasteiger partial charge in [-0.1, -0.05) is 39.0 Å². The molecule has 0 heterocycles. The lowest BCUT2D eigenvalue weighted by molar-refractivity contribution is 0.415. The SMILES string of the molecule is COc1ccc2cccc(O[Si](C)(C)C(C)(C)C)c2c1. The highest BCUT2D eigenvalue weighted by Gasteiger charge is 2.39. The summed E-state index contributed by atoms with van der Waals surface area (Å²) < 4.78 is 11.8. The Hall–Kier alpha value is -1.48. The van der Waals surface area contributed by atoms with Crippen LogP contribution in [-0.2, 0) is 0 Å². The summed E-state index contributed by atoms with van der Waals surface area (Å²) in [5.74, 6) is 1.83. The first-order valence-corrected chi connectivity index (χ1v) is 9.91. The van der Waals surface area contributed by atoms with Crippen molar-refractivity contribution < 1.29 is 9.16 Å². The summed E-state index contributed by atoms with van der Waals surface area (Å²) in [4.78, 5) is 0. The molecule has 2 aromatic rings. The first-order valence-electron chi connectivity index (χ1n) is 7.00. The molecule has 0 spiro atoms. The lowest BCUT2D eigenvalue weighted by Gasteiger charge is -2.36. The van der Waals surface area contributed by atoms with Crippen LogP contribution in [0.25, 0.3) is 10.8 Å². The average Bonchev–Trinajstić information content (AvgIpc) is 2.37. The van der Waals surface area contributed by atoms with Crippen LogP contribution in [0.15, 0.2) is 36.4 Å². The largest absolute Gasteiger partial charge is 0.543 e. The fourth-order valence-corrected chi connectivity index (χ4v) is 2.90. The van der Waals surface area contributed by atoms with Gasteiger partial charge in [0.05, 0.1) is 7.11 Å². The van der Waals surface area contributed by atoms with Gasteiger partial charge in [0, 0.05) is 5.39 Å². The van der Waals surface area contributed by atoms with Crippen molar-refractivity contribution in [2.75, 3.05) is 7.11 Å². The van der Waals surface area contributed by atoms with Crippen LogP contribution in [0.5, 0.6) is 11.5 Å². The quantitative estimate of drug-likeness (QED) is 0.720. The van der Waals surface area contributed by atoms with E-state index in [1.807, 2.05) is 6.07 Å². The Morgan fingerprint density at radius 1 is 1.00 bits per heavy atom. The van der Waals surface area contributed by atoms with Gasteiger partial charge in [0.2, 0.25) is 0 Å². The van der Waals surface area contributed by atoms with Crippen LogP contribution in [0, 0.1) is 0 Å². The molecule has 0 N–H and O–H groups in total. The van der Waals surface area contributed by atoms with E-state index in [2.05, 4.69) is 64.2 Å². The van der Waals surface area contributed by atoms with Crippen LogP contribution in [0.4, 0.5) is 0 Å². The normalized spacial score (nSPS) is 12.5. The van der Waals surface area contributed by atoms with Gasteiger partial charge < -0.3 is 9.16 Å². The zero-order valence-corrected chi connectivity index (χ0v) is 14.3. The molecule has 0 fully saturated rings. The van der Waals surface area contributed by atoms with E-state index < -0.39 is 8.32 Å². The Kier molecular flexibility index (Phi) is 3.83. The van der Waals surface area contributed by atoms with E-state index in [0.717, 1.165) is 16.9 Å². The van der Waals surface area contributed by atoms with Crippen molar-refractivity contribution in [3.8, 4) is 11.5 Å². The summed E-state index contributed by atoms with van der Waals surface area (Å²) in [6.45, 7) is 11.3. The predicted molar refractivity (Wildman–Crippen MR) is 88.3 cm³/mol. The highest BCUT2D eigenvalue weighted by molar-refractivity contribution is 6.74. The molecule has 0 amide bonds. The number of hydrogen-bond acceptors (Lipinski definition) is 2.